The Morgan fingerprint density at radius 2 is 1.95 bits per heavy atom. The fourth-order valence-corrected chi connectivity index (χ4v) is 2.32. The molecule has 0 bridgehead atoms. The summed E-state index contributed by atoms with van der Waals surface area (Å²) >= 11 is 0. The van der Waals surface area contributed by atoms with Crippen LogP contribution in [-0.2, 0) is 13.1 Å². The predicted molar refractivity (Wildman–Crippen MR) is 89.5 cm³/mol. The number of nitrogens with one attached hydrogen (secondary N) is 2. The van der Waals surface area contributed by atoms with Crippen LogP contribution in [0.1, 0.15) is 31.4 Å². The van der Waals surface area contributed by atoms with Crippen LogP contribution in [0.3, 0.4) is 0 Å². The third kappa shape index (κ3) is 6.91. The number of carbonyl (C=O) groups is 1. The number of nitrogens with zero attached hydrogens (tertiary/aromatic N) is 1. The Labute approximate surface area is 133 Å². The van der Waals surface area contributed by atoms with Crippen LogP contribution in [0.5, 0.6) is 0 Å². The summed E-state index contributed by atoms with van der Waals surface area (Å²) < 4.78 is 0. The van der Waals surface area contributed by atoms with Crippen molar-refractivity contribution in [2.45, 2.75) is 39.4 Å². The molecule has 0 saturated carbocycles. The molecule has 0 fully saturated rings. The van der Waals surface area contributed by atoms with Gasteiger partial charge in [0, 0.05) is 25.7 Å². The first-order valence-electron chi connectivity index (χ1n) is 7.80. The maximum absolute atomic E-state index is 12.0. The summed E-state index contributed by atoms with van der Waals surface area (Å²) in [5, 5.41) is 14.8. The van der Waals surface area contributed by atoms with Gasteiger partial charge >= 0.3 is 6.03 Å². The third-order valence-corrected chi connectivity index (χ3v) is 3.50. The van der Waals surface area contributed by atoms with Gasteiger partial charge in [-0.05, 0) is 37.6 Å². The fraction of sp³-hybridized carbons (Fsp3) is 0.588. The van der Waals surface area contributed by atoms with E-state index in [1.54, 1.807) is 0 Å². The molecule has 5 nitrogen and oxygen atoms in total. The molecule has 1 rings (SSSR count). The van der Waals surface area contributed by atoms with E-state index in [4.69, 9.17) is 5.11 Å². The molecule has 0 heterocycles. The van der Waals surface area contributed by atoms with E-state index in [1.165, 1.54) is 5.56 Å². The minimum atomic E-state index is -0.190. The first-order valence-corrected chi connectivity index (χ1v) is 7.80. The van der Waals surface area contributed by atoms with Crippen LogP contribution in [0.4, 0.5) is 4.79 Å². The molecule has 22 heavy (non-hydrogen) atoms. The van der Waals surface area contributed by atoms with E-state index in [-0.39, 0.29) is 18.7 Å². The zero-order valence-corrected chi connectivity index (χ0v) is 14.1. The van der Waals surface area contributed by atoms with Gasteiger partial charge in [0.05, 0.1) is 0 Å². The molecule has 1 aromatic rings. The number of hydrogen-bond acceptors (Lipinski definition) is 3. The molecule has 0 aromatic heterocycles. The van der Waals surface area contributed by atoms with Gasteiger partial charge in [0.1, 0.15) is 0 Å². The van der Waals surface area contributed by atoms with E-state index < -0.39 is 0 Å². The van der Waals surface area contributed by atoms with Crippen molar-refractivity contribution < 1.29 is 9.90 Å². The van der Waals surface area contributed by atoms with Gasteiger partial charge in [-0.1, -0.05) is 38.1 Å². The lowest BCUT2D eigenvalue weighted by molar-refractivity contribution is 0.218. The quantitative estimate of drug-likeness (QED) is 0.688. The molecule has 2 amide bonds. The maximum Gasteiger partial charge on any atom is 0.315 e. The highest BCUT2D eigenvalue weighted by Crippen LogP contribution is 2.08. The molecule has 0 saturated heterocycles. The highest BCUT2D eigenvalue weighted by atomic mass is 16.3. The smallest absolute Gasteiger partial charge is 0.315 e. The molecule has 5 heteroatoms. The summed E-state index contributed by atoms with van der Waals surface area (Å²) in [7, 11) is 4.07. The van der Waals surface area contributed by atoms with Crippen molar-refractivity contribution in [3.63, 3.8) is 0 Å². The van der Waals surface area contributed by atoms with Crippen LogP contribution >= 0.6 is 0 Å². The predicted octanol–water partition coefficient (Wildman–Crippen LogP) is 1.95. The normalized spacial score (nSPS) is 12.5. The second-order valence-corrected chi connectivity index (χ2v) is 6.25. The number of hydrogen-bond donors (Lipinski definition) is 3. The topological polar surface area (TPSA) is 64.6 Å². The largest absolute Gasteiger partial charge is 0.396 e. The van der Waals surface area contributed by atoms with Crippen LogP contribution in [-0.4, -0.2) is 42.8 Å². The highest BCUT2D eigenvalue weighted by Gasteiger charge is 2.15. The standard InChI is InChI=1S/C17H29N3O2/c1-13(2)16(8-9-21)19-17(22)18-11-14-6-5-7-15(10-14)12-20(3)4/h5-7,10,13,16,21H,8-9,11-12H2,1-4H3,(H2,18,19,22). The van der Waals surface area contributed by atoms with Crippen molar-refractivity contribution in [1.82, 2.24) is 15.5 Å². The molecule has 0 spiro atoms. The van der Waals surface area contributed by atoms with Crippen LogP contribution in [0, 0.1) is 5.92 Å². The first kappa shape index (κ1) is 18.5. The molecule has 1 aromatic carbocycles. The Balaban J connectivity index is 2.49. The molecule has 0 aliphatic rings. The summed E-state index contributed by atoms with van der Waals surface area (Å²) in [6.07, 6.45) is 0.573. The lowest BCUT2D eigenvalue weighted by Crippen LogP contribution is -2.44. The van der Waals surface area contributed by atoms with Gasteiger partial charge in [-0.15, -0.1) is 0 Å². The van der Waals surface area contributed by atoms with Gasteiger partial charge in [-0.3, -0.25) is 0 Å². The first-order chi connectivity index (χ1) is 10.4. The third-order valence-electron chi connectivity index (χ3n) is 3.50. The van der Waals surface area contributed by atoms with Crippen LogP contribution in [0.25, 0.3) is 0 Å². The van der Waals surface area contributed by atoms with E-state index in [1.807, 2.05) is 40.1 Å². The van der Waals surface area contributed by atoms with E-state index in [0.29, 0.717) is 18.9 Å². The number of benzene rings is 1. The summed E-state index contributed by atoms with van der Waals surface area (Å²) in [5.74, 6) is 0.293. The van der Waals surface area contributed by atoms with Gasteiger partial charge in [0.25, 0.3) is 0 Å². The summed E-state index contributed by atoms with van der Waals surface area (Å²) in [5.41, 5.74) is 2.31. The van der Waals surface area contributed by atoms with Crippen molar-refractivity contribution in [3.8, 4) is 0 Å². The van der Waals surface area contributed by atoms with Gasteiger partial charge in [-0.2, -0.15) is 0 Å². The van der Waals surface area contributed by atoms with Gasteiger partial charge < -0.3 is 20.6 Å². The zero-order valence-electron chi connectivity index (χ0n) is 14.1. The molecule has 3 N–H and O–H groups in total. The second kappa shape index (κ2) is 9.43. The minimum absolute atomic E-state index is 0.00919. The number of aliphatic hydroxyl groups is 1. The Hall–Kier alpha value is -1.59. The van der Waals surface area contributed by atoms with Crippen LogP contribution < -0.4 is 10.6 Å². The Morgan fingerprint density at radius 1 is 1.27 bits per heavy atom. The zero-order chi connectivity index (χ0) is 16.5. The molecule has 0 radical (unpaired) electrons. The van der Waals surface area contributed by atoms with E-state index in [0.717, 1.165) is 12.1 Å². The number of rotatable bonds is 8. The van der Waals surface area contributed by atoms with Crippen molar-refractivity contribution in [2.24, 2.45) is 5.92 Å². The maximum atomic E-state index is 12.0. The van der Waals surface area contributed by atoms with E-state index >= 15 is 0 Å². The number of aliphatic hydroxyl groups excluding tert-OH is 1. The highest BCUT2D eigenvalue weighted by molar-refractivity contribution is 5.74. The Bertz CT molecular complexity index is 461. The van der Waals surface area contributed by atoms with Crippen LogP contribution in [0.2, 0.25) is 0 Å². The fourth-order valence-electron chi connectivity index (χ4n) is 2.32. The lowest BCUT2D eigenvalue weighted by Gasteiger charge is -2.21. The monoisotopic (exact) mass is 307 g/mol. The SMILES string of the molecule is CC(C)C(CCO)NC(=O)NCc1cccc(CN(C)C)c1. The van der Waals surface area contributed by atoms with E-state index in [9.17, 15) is 4.79 Å². The Kier molecular flexibility index (Phi) is 7.91. The molecule has 1 atom stereocenters. The van der Waals surface area contributed by atoms with Gasteiger partial charge in [-0.25, -0.2) is 4.79 Å². The van der Waals surface area contributed by atoms with E-state index in [2.05, 4.69) is 27.7 Å². The van der Waals surface area contributed by atoms with Gasteiger partial charge in [0.2, 0.25) is 0 Å². The van der Waals surface area contributed by atoms with Gasteiger partial charge in [0.15, 0.2) is 0 Å². The van der Waals surface area contributed by atoms with Crippen molar-refractivity contribution in [2.75, 3.05) is 20.7 Å². The molecule has 0 aliphatic carbocycles. The summed E-state index contributed by atoms with van der Waals surface area (Å²) in [4.78, 5) is 14.1. The molecule has 0 aliphatic heterocycles. The number of amides is 2. The average molecular weight is 307 g/mol. The van der Waals surface area contributed by atoms with Crippen molar-refractivity contribution in [3.05, 3.63) is 35.4 Å². The average Bonchev–Trinajstić information content (AvgIpc) is 2.44. The molecular formula is C17H29N3O2. The summed E-state index contributed by atoms with van der Waals surface area (Å²) in [6.45, 7) is 5.52. The van der Waals surface area contributed by atoms with Crippen molar-refractivity contribution >= 4 is 6.03 Å². The second-order valence-electron chi connectivity index (χ2n) is 6.25. The number of urea groups is 1. The minimum Gasteiger partial charge on any atom is -0.396 e. The number of carbonyl (C=O) groups excluding carboxylic acids is 1. The lowest BCUT2D eigenvalue weighted by atomic mass is 10.0. The Morgan fingerprint density at radius 3 is 2.55 bits per heavy atom. The molecule has 124 valence electrons. The molecular weight excluding hydrogens is 278 g/mol. The molecule has 1 unspecified atom stereocenters. The van der Waals surface area contributed by atoms with Crippen molar-refractivity contribution in [1.29, 1.82) is 0 Å². The van der Waals surface area contributed by atoms with Crippen LogP contribution in [0.15, 0.2) is 24.3 Å². The summed E-state index contributed by atoms with van der Waals surface area (Å²) in [6, 6.07) is 8.01.